The summed E-state index contributed by atoms with van der Waals surface area (Å²) in [5, 5.41) is 5.42. The molecule has 0 spiro atoms. The van der Waals surface area contributed by atoms with E-state index in [0.717, 1.165) is 28.1 Å². The third-order valence-corrected chi connectivity index (χ3v) is 5.23. The number of hydrogen-bond donors (Lipinski definition) is 0. The van der Waals surface area contributed by atoms with E-state index >= 15 is 0 Å². The lowest BCUT2D eigenvalue weighted by Crippen LogP contribution is -1.97. The molecule has 3 aromatic carbocycles. The van der Waals surface area contributed by atoms with E-state index in [1.54, 1.807) is 18.2 Å². The van der Waals surface area contributed by atoms with Crippen molar-refractivity contribution in [2.24, 2.45) is 0 Å². The van der Waals surface area contributed by atoms with E-state index in [0.29, 0.717) is 16.4 Å². The molecule has 0 amide bonds. The average molecular weight is 425 g/mol. The van der Waals surface area contributed by atoms with Crippen LogP contribution in [0.4, 0.5) is 0 Å². The van der Waals surface area contributed by atoms with E-state index in [9.17, 15) is 4.79 Å². The summed E-state index contributed by atoms with van der Waals surface area (Å²) >= 11 is 5.96. The first-order valence-electron chi connectivity index (χ1n) is 9.79. The molecule has 5 heteroatoms. The Bertz CT molecular complexity index is 1300. The first-order valence-corrected chi connectivity index (χ1v) is 10.2. The van der Waals surface area contributed by atoms with Crippen LogP contribution in [0.2, 0.25) is 5.02 Å². The molecule has 31 heavy (non-hydrogen) atoms. The fraction of sp³-hybridized carbons (Fsp3) is 0. The summed E-state index contributed by atoms with van der Waals surface area (Å²) in [7, 11) is 0. The van der Waals surface area contributed by atoms with Crippen molar-refractivity contribution in [1.29, 1.82) is 0 Å². The van der Waals surface area contributed by atoms with Gasteiger partial charge in [-0.05, 0) is 48.6 Å². The van der Waals surface area contributed by atoms with E-state index in [-0.39, 0.29) is 0 Å². The van der Waals surface area contributed by atoms with Gasteiger partial charge in [-0.3, -0.25) is 0 Å². The summed E-state index contributed by atoms with van der Waals surface area (Å²) in [6, 6.07) is 27.0. The Balaban J connectivity index is 1.59. The van der Waals surface area contributed by atoms with Gasteiger partial charge in [0.15, 0.2) is 0 Å². The molecule has 0 atom stereocenters. The van der Waals surface area contributed by atoms with Gasteiger partial charge >= 0.3 is 5.97 Å². The van der Waals surface area contributed by atoms with Crippen LogP contribution in [-0.4, -0.2) is 15.7 Å². The van der Waals surface area contributed by atoms with Crippen molar-refractivity contribution in [3.63, 3.8) is 0 Å². The molecule has 1 aliphatic heterocycles. The van der Waals surface area contributed by atoms with Gasteiger partial charge < -0.3 is 4.74 Å². The number of aromatic nitrogens is 2. The second-order valence-electron chi connectivity index (χ2n) is 7.08. The molecule has 0 saturated carbocycles. The number of carbonyl (C=O) groups excluding carboxylic acids is 1. The van der Waals surface area contributed by atoms with Gasteiger partial charge in [-0.25, -0.2) is 9.48 Å². The summed E-state index contributed by atoms with van der Waals surface area (Å²) in [4.78, 5) is 12.6. The summed E-state index contributed by atoms with van der Waals surface area (Å²) in [6.07, 6.45) is 5.49. The van der Waals surface area contributed by atoms with E-state index in [4.69, 9.17) is 21.4 Å². The lowest BCUT2D eigenvalue weighted by molar-refractivity contribution is -0.130. The highest BCUT2D eigenvalue weighted by Gasteiger charge is 2.23. The van der Waals surface area contributed by atoms with Crippen molar-refractivity contribution >= 4 is 29.4 Å². The van der Waals surface area contributed by atoms with Crippen molar-refractivity contribution in [3.8, 4) is 16.9 Å². The van der Waals surface area contributed by atoms with Crippen LogP contribution >= 0.6 is 11.6 Å². The number of benzene rings is 3. The van der Waals surface area contributed by atoms with Crippen LogP contribution in [0.25, 0.3) is 28.8 Å². The summed E-state index contributed by atoms with van der Waals surface area (Å²) in [5.41, 5.74) is 4.79. The van der Waals surface area contributed by atoms with Gasteiger partial charge in [0.05, 0.1) is 17.0 Å². The van der Waals surface area contributed by atoms with Crippen molar-refractivity contribution in [2.45, 2.75) is 0 Å². The van der Waals surface area contributed by atoms with Gasteiger partial charge in [0.1, 0.15) is 5.76 Å². The fourth-order valence-electron chi connectivity index (χ4n) is 3.44. The number of nitrogens with zero attached hydrogens (tertiary/aromatic N) is 2. The average Bonchev–Trinajstić information content (AvgIpc) is 3.40. The van der Waals surface area contributed by atoms with Crippen molar-refractivity contribution in [1.82, 2.24) is 9.78 Å². The molecule has 0 bridgehead atoms. The normalized spacial score (nSPS) is 14.5. The molecule has 0 saturated heterocycles. The minimum absolute atomic E-state index is 0.392. The molecule has 150 valence electrons. The first-order chi connectivity index (χ1) is 15.2. The quantitative estimate of drug-likeness (QED) is 0.290. The van der Waals surface area contributed by atoms with Gasteiger partial charge in [0.2, 0.25) is 0 Å². The second kappa shape index (κ2) is 8.09. The van der Waals surface area contributed by atoms with Crippen LogP contribution in [-0.2, 0) is 9.53 Å². The minimum atomic E-state index is -0.392. The Hall–Kier alpha value is -3.89. The minimum Gasteiger partial charge on any atom is -0.422 e. The molecular weight excluding hydrogens is 408 g/mol. The molecule has 0 fully saturated rings. The Labute approximate surface area is 184 Å². The van der Waals surface area contributed by atoms with E-state index in [2.05, 4.69) is 0 Å². The lowest BCUT2D eigenvalue weighted by atomic mass is 10.1. The van der Waals surface area contributed by atoms with Crippen LogP contribution < -0.4 is 0 Å². The van der Waals surface area contributed by atoms with Gasteiger partial charge in [0.25, 0.3) is 0 Å². The highest BCUT2D eigenvalue weighted by molar-refractivity contribution is 6.30. The molecular formula is C26H17ClN2O2. The molecule has 1 aliphatic rings. The van der Waals surface area contributed by atoms with Crippen LogP contribution in [0.3, 0.4) is 0 Å². The summed E-state index contributed by atoms with van der Waals surface area (Å²) in [5.74, 6) is 0.112. The van der Waals surface area contributed by atoms with Crippen LogP contribution in [0, 0.1) is 0 Å². The van der Waals surface area contributed by atoms with E-state index in [1.807, 2.05) is 89.8 Å². The maximum absolute atomic E-state index is 12.6. The number of para-hydroxylation sites is 1. The molecule has 0 radical (unpaired) electrons. The smallest absolute Gasteiger partial charge is 0.343 e. The molecule has 5 rings (SSSR count). The second-order valence-corrected chi connectivity index (χ2v) is 7.52. The molecule has 4 nitrogen and oxygen atoms in total. The SMILES string of the molecule is O=C1OC(c2ccc(Cl)cc2)=C/C1=C\c1cn(-c2ccccc2)nc1-c1ccccc1. The van der Waals surface area contributed by atoms with E-state index < -0.39 is 5.97 Å². The summed E-state index contributed by atoms with van der Waals surface area (Å²) in [6.45, 7) is 0. The highest BCUT2D eigenvalue weighted by atomic mass is 35.5. The molecule has 2 heterocycles. The number of hydrogen-bond acceptors (Lipinski definition) is 3. The number of ether oxygens (including phenoxy) is 1. The third-order valence-electron chi connectivity index (χ3n) is 4.98. The topological polar surface area (TPSA) is 44.1 Å². The highest BCUT2D eigenvalue weighted by Crippen LogP contribution is 2.31. The number of rotatable bonds is 4. The van der Waals surface area contributed by atoms with Gasteiger partial charge in [0, 0.05) is 27.9 Å². The predicted octanol–water partition coefficient (Wildman–Crippen LogP) is 6.17. The molecule has 0 unspecified atom stereocenters. The number of esters is 1. The zero-order valence-corrected chi connectivity index (χ0v) is 17.2. The van der Waals surface area contributed by atoms with E-state index in [1.165, 1.54) is 0 Å². The monoisotopic (exact) mass is 424 g/mol. The standard InChI is InChI=1S/C26H17ClN2O2/c27-22-13-11-18(12-14-22)24-16-20(26(30)31-24)15-21-17-29(23-9-5-2-6-10-23)28-25(21)19-7-3-1-4-8-19/h1-17H/b20-15+. The van der Waals surface area contributed by atoms with Crippen LogP contribution in [0.15, 0.2) is 103 Å². The predicted molar refractivity (Wildman–Crippen MR) is 122 cm³/mol. The summed E-state index contributed by atoms with van der Waals surface area (Å²) < 4.78 is 7.31. The largest absolute Gasteiger partial charge is 0.422 e. The molecule has 0 N–H and O–H groups in total. The van der Waals surface area contributed by atoms with Crippen molar-refractivity contribution in [2.75, 3.05) is 0 Å². The number of halogens is 1. The van der Waals surface area contributed by atoms with Crippen LogP contribution in [0.1, 0.15) is 11.1 Å². The van der Waals surface area contributed by atoms with Crippen molar-refractivity contribution in [3.05, 3.63) is 119 Å². The van der Waals surface area contributed by atoms with Gasteiger partial charge in [-0.15, -0.1) is 0 Å². The third kappa shape index (κ3) is 3.93. The Kier molecular flexibility index (Phi) is 4.98. The van der Waals surface area contributed by atoms with Gasteiger partial charge in [-0.2, -0.15) is 5.10 Å². The number of carbonyl (C=O) groups is 1. The maximum Gasteiger partial charge on any atom is 0.343 e. The fourth-order valence-corrected chi connectivity index (χ4v) is 3.57. The van der Waals surface area contributed by atoms with Gasteiger partial charge in [-0.1, -0.05) is 60.1 Å². The Morgan fingerprint density at radius 1 is 0.839 bits per heavy atom. The maximum atomic E-state index is 12.6. The molecule has 1 aromatic heterocycles. The van der Waals surface area contributed by atoms with Crippen LogP contribution in [0.5, 0.6) is 0 Å². The lowest BCUT2D eigenvalue weighted by Gasteiger charge is -2.01. The van der Waals surface area contributed by atoms with Crippen molar-refractivity contribution < 1.29 is 9.53 Å². The zero-order valence-electron chi connectivity index (χ0n) is 16.4. The zero-order chi connectivity index (χ0) is 21.2. The number of cyclic esters (lactones) is 1. The molecule has 0 aliphatic carbocycles. The molecule has 4 aromatic rings. The Morgan fingerprint density at radius 3 is 2.23 bits per heavy atom. The first kappa shape index (κ1) is 19.1. The Morgan fingerprint density at radius 2 is 1.52 bits per heavy atom.